The van der Waals surface area contributed by atoms with Gasteiger partial charge < -0.3 is 14.8 Å². The molecule has 0 unspecified atom stereocenters. The van der Waals surface area contributed by atoms with Gasteiger partial charge in [-0.3, -0.25) is 9.10 Å². The summed E-state index contributed by atoms with van der Waals surface area (Å²) >= 11 is 6.09. The van der Waals surface area contributed by atoms with E-state index in [-0.39, 0.29) is 28.8 Å². The molecule has 9 heteroatoms. The van der Waals surface area contributed by atoms with E-state index in [4.69, 9.17) is 21.1 Å². The van der Waals surface area contributed by atoms with Crippen LogP contribution in [0.15, 0.2) is 42.5 Å². The van der Waals surface area contributed by atoms with E-state index in [9.17, 15) is 13.2 Å². The first-order valence-corrected chi connectivity index (χ1v) is 11.2. The second-order valence-corrected chi connectivity index (χ2v) is 8.68. The topological polar surface area (TPSA) is 84.9 Å². The number of rotatable bonds is 10. The summed E-state index contributed by atoms with van der Waals surface area (Å²) in [4.78, 5) is 12.4. The molecule has 7 nitrogen and oxygen atoms in total. The molecular weight excluding hydrogens is 416 g/mol. The number of sulfonamides is 1. The lowest BCUT2D eigenvalue weighted by Crippen LogP contribution is -2.40. The Morgan fingerprint density at radius 1 is 1.10 bits per heavy atom. The third kappa shape index (κ3) is 6.54. The van der Waals surface area contributed by atoms with E-state index < -0.39 is 15.9 Å². The number of anilines is 1. The van der Waals surface area contributed by atoms with Crippen molar-refractivity contribution in [3.63, 3.8) is 0 Å². The Morgan fingerprint density at radius 3 is 2.34 bits per heavy atom. The average Bonchev–Trinajstić information content (AvgIpc) is 2.69. The highest BCUT2D eigenvalue weighted by Crippen LogP contribution is 2.38. The number of halogens is 1. The van der Waals surface area contributed by atoms with Crippen molar-refractivity contribution in [2.75, 3.05) is 37.9 Å². The molecule has 158 valence electrons. The maximum Gasteiger partial charge on any atom is 0.240 e. The van der Waals surface area contributed by atoms with Crippen molar-refractivity contribution in [3.05, 3.63) is 53.1 Å². The molecule has 0 radical (unpaired) electrons. The molecule has 1 amide bonds. The monoisotopic (exact) mass is 440 g/mol. The van der Waals surface area contributed by atoms with Crippen molar-refractivity contribution in [2.45, 2.75) is 12.8 Å². The number of amides is 1. The van der Waals surface area contributed by atoms with Crippen LogP contribution in [0.1, 0.15) is 12.0 Å². The SMILES string of the molecule is COc1cc(N(CC(=O)NCCCc2ccccc2)S(C)(=O)=O)c(OC)cc1Cl. The van der Waals surface area contributed by atoms with E-state index in [0.29, 0.717) is 6.54 Å². The highest BCUT2D eigenvalue weighted by atomic mass is 35.5. The first kappa shape index (κ1) is 22.8. The van der Waals surface area contributed by atoms with Crippen LogP contribution < -0.4 is 19.1 Å². The third-order valence-corrected chi connectivity index (χ3v) is 5.64. The van der Waals surface area contributed by atoms with Gasteiger partial charge in [0.15, 0.2) is 0 Å². The van der Waals surface area contributed by atoms with Crippen LogP contribution >= 0.6 is 11.6 Å². The molecule has 2 aromatic rings. The van der Waals surface area contributed by atoms with Crippen LogP contribution in [-0.2, 0) is 21.2 Å². The average molecular weight is 441 g/mol. The van der Waals surface area contributed by atoms with Crippen molar-refractivity contribution in [1.82, 2.24) is 5.32 Å². The van der Waals surface area contributed by atoms with Crippen LogP contribution in [0.3, 0.4) is 0 Å². The van der Waals surface area contributed by atoms with Crippen molar-refractivity contribution in [3.8, 4) is 11.5 Å². The molecule has 0 bridgehead atoms. The molecule has 2 rings (SSSR count). The van der Waals surface area contributed by atoms with Gasteiger partial charge in [0.25, 0.3) is 0 Å². The van der Waals surface area contributed by atoms with Crippen molar-refractivity contribution >= 4 is 33.2 Å². The zero-order valence-electron chi connectivity index (χ0n) is 16.6. The molecular formula is C20H25ClN2O5S. The lowest BCUT2D eigenvalue weighted by Gasteiger charge is -2.24. The largest absolute Gasteiger partial charge is 0.495 e. The van der Waals surface area contributed by atoms with Gasteiger partial charge in [0.05, 0.1) is 31.2 Å². The number of nitrogens with one attached hydrogen (secondary N) is 1. The Balaban J connectivity index is 2.08. The smallest absolute Gasteiger partial charge is 0.240 e. The zero-order chi connectivity index (χ0) is 21.4. The number of ether oxygens (including phenoxy) is 2. The van der Waals surface area contributed by atoms with Crippen LogP contribution in [0.4, 0.5) is 5.69 Å². The molecule has 1 N–H and O–H groups in total. The Hall–Kier alpha value is -2.45. The minimum atomic E-state index is -3.76. The fraction of sp³-hybridized carbons (Fsp3) is 0.350. The fourth-order valence-corrected chi connectivity index (χ4v) is 3.85. The van der Waals surface area contributed by atoms with Gasteiger partial charge in [0, 0.05) is 18.7 Å². The van der Waals surface area contributed by atoms with Crippen LogP contribution in [-0.4, -0.2) is 47.9 Å². The predicted octanol–water partition coefficient (Wildman–Crippen LogP) is 2.87. The standard InChI is InChI=1S/C20H25ClN2O5S/c1-27-18-13-17(19(28-2)12-16(18)21)23(29(3,25)26)14-20(24)22-11-7-10-15-8-5-4-6-9-15/h4-6,8-9,12-13H,7,10-11,14H2,1-3H3,(H,22,24). The van der Waals surface area contributed by atoms with Gasteiger partial charge in [0.1, 0.15) is 18.0 Å². The Bertz CT molecular complexity index is 935. The molecule has 2 aromatic carbocycles. The van der Waals surface area contributed by atoms with Gasteiger partial charge in [-0.2, -0.15) is 0 Å². The number of carbonyl (C=O) groups is 1. The van der Waals surface area contributed by atoms with Gasteiger partial charge in [-0.15, -0.1) is 0 Å². The van der Waals surface area contributed by atoms with Crippen molar-refractivity contribution in [2.24, 2.45) is 0 Å². The van der Waals surface area contributed by atoms with Crippen LogP contribution in [0, 0.1) is 0 Å². The molecule has 0 aromatic heterocycles. The molecule has 0 saturated carbocycles. The normalized spacial score (nSPS) is 11.0. The molecule has 0 aliphatic heterocycles. The summed E-state index contributed by atoms with van der Waals surface area (Å²) in [6.45, 7) is 0.0533. The number of hydrogen-bond donors (Lipinski definition) is 1. The van der Waals surface area contributed by atoms with Crippen molar-refractivity contribution in [1.29, 1.82) is 0 Å². The maximum absolute atomic E-state index is 12.4. The number of methoxy groups -OCH3 is 2. The molecule has 29 heavy (non-hydrogen) atoms. The van der Waals surface area contributed by atoms with E-state index in [2.05, 4.69) is 5.32 Å². The van der Waals surface area contributed by atoms with Gasteiger partial charge in [-0.1, -0.05) is 41.9 Å². The molecule has 0 aliphatic carbocycles. The quantitative estimate of drug-likeness (QED) is 0.574. The summed E-state index contributed by atoms with van der Waals surface area (Å²) in [5, 5.41) is 3.03. The van der Waals surface area contributed by atoms with E-state index in [1.165, 1.54) is 31.9 Å². The van der Waals surface area contributed by atoms with E-state index in [0.717, 1.165) is 23.4 Å². The van der Waals surface area contributed by atoms with Crippen LogP contribution in [0.2, 0.25) is 5.02 Å². The number of hydrogen-bond acceptors (Lipinski definition) is 5. The van der Waals surface area contributed by atoms with E-state index in [1.54, 1.807) is 0 Å². The second kappa shape index (κ2) is 10.4. The molecule has 0 aliphatic rings. The predicted molar refractivity (Wildman–Crippen MR) is 115 cm³/mol. The van der Waals surface area contributed by atoms with E-state index in [1.807, 2.05) is 30.3 Å². The summed E-state index contributed by atoms with van der Waals surface area (Å²) in [6.07, 6.45) is 2.59. The summed E-state index contributed by atoms with van der Waals surface area (Å²) in [5.41, 5.74) is 1.35. The Kier molecular flexibility index (Phi) is 8.16. The molecule has 0 heterocycles. The highest BCUT2D eigenvalue weighted by Gasteiger charge is 2.25. The third-order valence-electron chi connectivity index (χ3n) is 4.22. The fourth-order valence-electron chi connectivity index (χ4n) is 2.77. The summed E-state index contributed by atoms with van der Waals surface area (Å²) in [7, 11) is -0.950. The second-order valence-electron chi connectivity index (χ2n) is 6.37. The Morgan fingerprint density at radius 2 is 1.76 bits per heavy atom. The van der Waals surface area contributed by atoms with Gasteiger partial charge in [0.2, 0.25) is 15.9 Å². The number of nitrogens with zero attached hydrogens (tertiary/aromatic N) is 1. The molecule has 0 spiro atoms. The zero-order valence-corrected chi connectivity index (χ0v) is 18.2. The van der Waals surface area contributed by atoms with Crippen LogP contribution in [0.5, 0.6) is 11.5 Å². The van der Waals surface area contributed by atoms with E-state index >= 15 is 0 Å². The van der Waals surface area contributed by atoms with Crippen LogP contribution in [0.25, 0.3) is 0 Å². The Labute approximate surface area is 176 Å². The lowest BCUT2D eigenvalue weighted by molar-refractivity contribution is -0.119. The summed E-state index contributed by atoms with van der Waals surface area (Å²) < 4.78 is 36.1. The first-order valence-electron chi connectivity index (χ1n) is 8.96. The molecule has 0 saturated heterocycles. The number of carbonyl (C=O) groups excluding carboxylic acids is 1. The van der Waals surface area contributed by atoms with Crippen molar-refractivity contribution < 1.29 is 22.7 Å². The minimum absolute atomic E-state index is 0.177. The maximum atomic E-state index is 12.4. The number of benzene rings is 2. The number of aryl methyl sites for hydroxylation is 1. The first-order chi connectivity index (χ1) is 13.8. The van der Waals surface area contributed by atoms with Gasteiger partial charge in [-0.25, -0.2) is 8.42 Å². The van der Waals surface area contributed by atoms with Gasteiger partial charge >= 0.3 is 0 Å². The van der Waals surface area contributed by atoms with Gasteiger partial charge in [-0.05, 0) is 18.4 Å². The molecule has 0 fully saturated rings. The summed E-state index contributed by atoms with van der Waals surface area (Å²) in [5.74, 6) is 0.0805. The highest BCUT2D eigenvalue weighted by molar-refractivity contribution is 7.92. The molecule has 0 atom stereocenters. The summed E-state index contributed by atoms with van der Waals surface area (Å²) in [6, 6.07) is 12.8. The lowest BCUT2D eigenvalue weighted by atomic mass is 10.1. The minimum Gasteiger partial charge on any atom is -0.495 e.